The Kier molecular flexibility index (Phi) is 8.50. The van der Waals surface area contributed by atoms with Crippen LogP contribution in [0.5, 0.6) is 0 Å². The minimum Gasteiger partial charge on any atom is -0.459 e. The first-order valence-corrected chi connectivity index (χ1v) is 12.6. The standard InChI is InChI=1S/C25H30FN5O4.C2H6/c1-15-8-6-7-9-17(15)25(10-11-25)23-28-22(35-30-23)18-12-19(16(2)26)31(29-18)14-20(32)27-13-21(33)34-24(3,4)5;1-2/h6-9,12,16H,10-11,13-14H2,1-5H3,(H,27,32);1-2H3. The number of hydrogen-bond donors (Lipinski definition) is 1. The molecule has 3 aromatic rings. The Morgan fingerprint density at radius 3 is 2.51 bits per heavy atom. The van der Waals surface area contributed by atoms with E-state index in [1.807, 2.05) is 26.0 Å². The predicted molar refractivity (Wildman–Crippen MR) is 136 cm³/mol. The molecule has 0 bridgehead atoms. The molecule has 1 unspecified atom stereocenters. The van der Waals surface area contributed by atoms with Gasteiger partial charge in [-0.3, -0.25) is 14.3 Å². The fourth-order valence-electron chi connectivity index (χ4n) is 4.09. The molecule has 1 atom stereocenters. The van der Waals surface area contributed by atoms with E-state index in [4.69, 9.17) is 9.26 Å². The quantitative estimate of drug-likeness (QED) is 0.429. The van der Waals surface area contributed by atoms with Gasteiger partial charge in [-0.2, -0.15) is 10.1 Å². The van der Waals surface area contributed by atoms with Crippen molar-refractivity contribution < 1.29 is 23.2 Å². The number of nitrogens with one attached hydrogen (secondary N) is 1. The largest absolute Gasteiger partial charge is 0.459 e. The lowest BCUT2D eigenvalue weighted by molar-refractivity contribution is -0.154. The van der Waals surface area contributed by atoms with Gasteiger partial charge in [-0.1, -0.05) is 43.3 Å². The summed E-state index contributed by atoms with van der Waals surface area (Å²) in [5, 5.41) is 11.0. The van der Waals surface area contributed by atoms with Crippen molar-refractivity contribution in [2.75, 3.05) is 6.54 Å². The Morgan fingerprint density at radius 2 is 1.92 bits per heavy atom. The van der Waals surface area contributed by atoms with E-state index in [0.717, 1.165) is 24.0 Å². The maximum absolute atomic E-state index is 14.3. The van der Waals surface area contributed by atoms with E-state index in [0.29, 0.717) is 5.82 Å². The number of halogens is 1. The van der Waals surface area contributed by atoms with Crippen LogP contribution in [0, 0.1) is 6.92 Å². The van der Waals surface area contributed by atoms with Gasteiger partial charge >= 0.3 is 5.97 Å². The van der Waals surface area contributed by atoms with Crippen LogP contribution in [-0.2, 0) is 26.3 Å². The van der Waals surface area contributed by atoms with Crippen molar-refractivity contribution in [3.8, 4) is 11.6 Å². The number of amides is 1. The summed E-state index contributed by atoms with van der Waals surface area (Å²) in [6.45, 7) is 12.1. The maximum Gasteiger partial charge on any atom is 0.325 e. The molecule has 1 aliphatic carbocycles. The fourth-order valence-corrected chi connectivity index (χ4v) is 4.09. The number of carbonyl (C=O) groups is 2. The van der Waals surface area contributed by atoms with Crippen LogP contribution in [0.3, 0.4) is 0 Å². The Morgan fingerprint density at radius 1 is 1.24 bits per heavy atom. The van der Waals surface area contributed by atoms with Crippen molar-refractivity contribution in [1.29, 1.82) is 0 Å². The van der Waals surface area contributed by atoms with E-state index < -0.39 is 23.6 Å². The molecular formula is C27H36FN5O4. The predicted octanol–water partition coefficient (Wildman–Crippen LogP) is 4.84. The first kappa shape index (κ1) is 28.0. The molecule has 1 fully saturated rings. The Labute approximate surface area is 216 Å². The number of benzene rings is 1. The van der Waals surface area contributed by atoms with Crippen LogP contribution in [0.2, 0.25) is 0 Å². The van der Waals surface area contributed by atoms with Gasteiger partial charge in [0.05, 0.1) is 11.1 Å². The molecule has 37 heavy (non-hydrogen) atoms. The van der Waals surface area contributed by atoms with E-state index in [2.05, 4.69) is 39.6 Å². The number of aryl methyl sites for hydroxylation is 1. The number of nitrogens with zero attached hydrogens (tertiary/aromatic N) is 4. The molecule has 2 heterocycles. The van der Waals surface area contributed by atoms with Crippen LogP contribution in [0.4, 0.5) is 4.39 Å². The zero-order valence-corrected chi connectivity index (χ0v) is 22.6. The summed E-state index contributed by atoms with van der Waals surface area (Å²) in [5.41, 5.74) is 1.85. The van der Waals surface area contributed by atoms with Crippen LogP contribution in [0.1, 0.15) is 83.2 Å². The lowest BCUT2D eigenvalue weighted by Crippen LogP contribution is -2.36. The van der Waals surface area contributed by atoms with Crippen molar-refractivity contribution in [1.82, 2.24) is 25.2 Å². The Balaban J connectivity index is 0.00000186. The number of rotatable bonds is 8. The second-order valence-corrected chi connectivity index (χ2v) is 9.91. The summed E-state index contributed by atoms with van der Waals surface area (Å²) in [6.07, 6.45) is 0.435. The van der Waals surface area contributed by atoms with E-state index in [1.54, 1.807) is 20.8 Å². The highest BCUT2D eigenvalue weighted by Crippen LogP contribution is 2.53. The molecule has 9 nitrogen and oxygen atoms in total. The monoisotopic (exact) mass is 513 g/mol. The van der Waals surface area contributed by atoms with Crippen LogP contribution < -0.4 is 5.32 Å². The topological polar surface area (TPSA) is 112 Å². The number of hydrogen-bond acceptors (Lipinski definition) is 7. The van der Waals surface area contributed by atoms with Crippen molar-refractivity contribution in [3.05, 3.63) is 53.0 Å². The number of ether oxygens (including phenoxy) is 1. The van der Waals surface area contributed by atoms with Crippen molar-refractivity contribution >= 4 is 11.9 Å². The molecule has 1 saturated carbocycles. The molecule has 10 heteroatoms. The van der Waals surface area contributed by atoms with E-state index >= 15 is 0 Å². The molecular weight excluding hydrogens is 477 g/mol. The van der Waals surface area contributed by atoms with Gasteiger partial charge in [0.15, 0.2) is 11.5 Å². The highest BCUT2D eigenvalue weighted by atomic mass is 19.1. The molecule has 1 aliphatic rings. The summed E-state index contributed by atoms with van der Waals surface area (Å²) >= 11 is 0. The van der Waals surface area contributed by atoms with Crippen molar-refractivity contribution in [2.45, 2.75) is 85.0 Å². The fraction of sp³-hybridized carbons (Fsp3) is 0.519. The summed E-state index contributed by atoms with van der Waals surface area (Å²) in [5.74, 6) is -0.335. The SMILES string of the molecule is CC.Cc1ccccc1C1(c2noc(-c3cc(C(C)F)n(CC(=O)NCC(=O)OC(C)(C)C)n3)n2)CC1. The Hall–Kier alpha value is -3.56. The molecule has 2 aromatic heterocycles. The first-order valence-electron chi connectivity index (χ1n) is 12.6. The third-order valence-electron chi connectivity index (χ3n) is 5.85. The minimum atomic E-state index is -1.39. The number of alkyl halides is 1. The molecule has 1 amide bonds. The zero-order chi connectivity index (χ0) is 27.4. The van der Waals surface area contributed by atoms with Crippen LogP contribution in [-0.4, -0.2) is 43.9 Å². The molecule has 0 spiro atoms. The van der Waals surface area contributed by atoms with Crippen molar-refractivity contribution in [2.24, 2.45) is 0 Å². The van der Waals surface area contributed by atoms with Gasteiger partial charge in [0, 0.05) is 0 Å². The maximum atomic E-state index is 14.3. The lowest BCUT2D eigenvalue weighted by Gasteiger charge is -2.19. The number of aromatic nitrogens is 4. The average Bonchev–Trinajstić information content (AvgIpc) is 3.27. The van der Waals surface area contributed by atoms with Gasteiger partial charge in [0.2, 0.25) is 5.91 Å². The van der Waals surface area contributed by atoms with Gasteiger partial charge in [-0.15, -0.1) is 0 Å². The van der Waals surface area contributed by atoms with Crippen molar-refractivity contribution in [3.63, 3.8) is 0 Å². The van der Waals surface area contributed by atoms with Crippen LogP contribution in [0.25, 0.3) is 11.6 Å². The summed E-state index contributed by atoms with van der Waals surface area (Å²) < 4.78 is 26.2. The van der Waals surface area contributed by atoms with Gasteiger partial charge in [-0.05, 0) is 64.7 Å². The van der Waals surface area contributed by atoms with E-state index in [9.17, 15) is 14.0 Å². The van der Waals surface area contributed by atoms with Crippen LogP contribution >= 0.6 is 0 Å². The second kappa shape index (κ2) is 11.2. The Bertz CT molecular complexity index is 1240. The molecule has 0 radical (unpaired) electrons. The molecule has 1 N–H and O–H groups in total. The third kappa shape index (κ3) is 6.61. The summed E-state index contributed by atoms with van der Waals surface area (Å²) in [7, 11) is 0. The first-order chi connectivity index (χ1) is 17.5. The minimum absolute atomic E-state index is 0.162. The molecule has 1 aromatic carbocycles. The van der Waals surface area contributed by atoms with Gasteiger partial charge in [-0.25, -0.2) is 4.39 Å². The molecule has 4 rings (SSSR count). The lowest BCUT2D eigenvalue weighted by atomic mass is 9.91. The smallest absolute Gasteiger partial charge is 0.325 e. The van der Waals surface area contributed by atoms with E-state index in [1.165, 1.54) is 17.7 Å². The highest BCUT2D eigenvalue weighted by molar-refractivity contribution is 5.82. The number of esters is 1. The molecule has 0 saturated heterocycles. The summed E-state index contributed by atoms with van der Waals surface area (Å²) in [6, 6.07) is 9.61. The zero-order valence-electron chi connectivity index (χ0n) is 22.6. The molecule has 200 valence electrons. The molecule has 0 aliphatic heterocycles. The third-order valence-corrected chi connectivity index (χ3v) is 5.85. The van der Waals surface area contributed by atoms with Gasteiger partial charge in [0.25, 0.3) is 5.89 Å². The average molecular weight is 514 g/mol. The van der Waals surface area contributed by atoms with E-state index in [-0.39, 0.29) is 35.8 Å². The second-order valence-electron chi connectivity index (χ2n) is 9.91. The normalized spacial score (nSPS) is 14.8. The van der Waals surface area contributed by atoms with Crippen LogP contribution in [0.15, 0.2) is 34.9 Å². The highest BCUT2D eigenvalue weighted by Gasteiger charge is 2.50. The van der Waals surface area contributed by atoms with Gasteiger partial charge < -0.3 is 14.6 Å². The van der Waals surface area contributed by atoms with Gasteiger partial charge in [0.1, 0.15) is 24.9 Å². The number of carbonyl (C=O) groups excluding carboxylic acids is 2. The summed E-state index contributed by atoms with van der Waals surface area (Å²) in [4.78, 5) is 28.8.